The first-order valence-electron chi connectivity index (χ1n) is 7.29. The summed E-state index contributed by atoms with van der Waals surface area (Å²) in [6.07, 6.45) is 0. The summed E-state index contributed by atoms with van der Waals surface area (Å²) in [5.74, 6) is -1.16. The predicted molar refractivity (Wildman–Crippen MR) is 115 cm³/mol. The van der Waals surface area contributed by atoms with Crippen LogP contribution in [0.3, 0.4) is 0 Å². The van der Waals surface area contributed by atoms with Gasteiger partial charge in [-0.2, -0.15) is 0 Å². The summed E-state index contributed by atoms with van der Waals surface area (Å²) in [7, 11) is -3.91. The number of anilines is 1. The van der Waals surface area contributed by atoms with Gasteiger partial charge in [0, 0.05) is 16.2 Å². The van der Waals surface area contributed by atoms with Crippen molar-refractivity contribution < 1.29 is 18.0 Å². The molecule has 0 aliphatic rings. The molecule has 0 aliphatic carbocycles. The molecule has 0 fully saturated rings. The Bertz CT molecular complexity index is 1010. The highest BCUT2D eigenvalue weighted by atomic mass is 127. The topological polar surface area (TPSA) is 104 Å². The smallest absolute Gasteiger partial charge is 0.264 e. The molecule has 142 valence electrons. The molecule has 0 radical (unpaired) electrons. The number of nitrogens with one attached hydrogen (secondary N) is 3. The molecule has 0 heterocycles. The summed E-state index contributed by atoms with van der Waals surface area (Å²) in [5.41, 5.74) is 0.736. The quantitative estimate of drug-likeness (QED) is 0.409. The molecule has 0 atom stereocenters. The van der Waals surface area contributed by atoms with E-state index < -0.39 is 21.8 Å². The SMILES string of the molecule is CC(=O)NS(=O)(=O)c1ccc(NC(=S)NC(=O)c2cc(I)ccc2Cl)cc1. The lowest BCUT2D eigenvalue weighted by molar-refractivity contribution is -0.117. The van der Waals surface area contributed by atoms with Gasteiger partial charge in [-0.3, -0.25) is 14.9 Å². The summed E-state index contributed by atoms with van der Waals surface area (Å²) in [4.78, 5) is 23.1. The molecule has 0 bridgehead atoms. The molecule has 0 saturated carbocycles. The summed E-state index contributed by atoms with van der Waals surface area (Å²) in [6, 6.07) is 10.5. The minimum absolute atomic E-state index is 0.0207. The van der Waals surface area contributed by atoms with Crippen LogP contribution in [0.25, 0.3) is 0 Å². The van der Waals surface area contributed by atoms with Crippen molar-refractivity contribution in [3.05, 3.63) is 56.6 Å². The largest absolute Gasteiger partial charge is 0.332 e. The van der Waals surface area contributed by atoms with Gasteiger partial charge in [0.25, 0.3) is 15.9 Å². The van der Waals surface area contributed by atoms with Crippen LogP contribution in [0.15, 0.2) is 47.4 Å². The van der Waals surface area contributed by atoms with Crippen molar-refractivity contribution in [3.8, 4) is 0 Å². The van der Waals surface area contributed by atoms with Gasteiger partial charge in [-0.05, 0) is 77.3 Å². The highest BCUT2D eigenvalue weighted by Crippen LogP contribution is 2.19. The lowest BCUT2D eigenvalue weighted by Crippen LogP contribution is -2.34. The van der Waals surface area contributed by atoms with Crippen LogP contribution in [0.2, 0.25) is 5.02 Å². The van der Waals surface area contributed by atoms with E-state index in [0.717, 1.165) is 10.5 Å². The number of hydrogen-bond acceptors (Lipinski definition) is 5. The molecular formula is C16H13ClIN3O4S2. The van der Waals surface area contributed by atoms with Gasteiger partial charge in [0.05, 0.1) is 15.5 Å². The first kappa shape index (κ1) is 21.5. The molecule has 0 aromatic heterocycles. The van der Waals surface area contributed by atoms with E-state index in [-0.39, 0.29) is 15.6 Å². The normalized spacial score (nSPS) is 10.8. The number of carbonyl (C=O) groups excluding carboxylic acids is 2. The van der Waals surface area contributed by atoms with E-state index in [0.29, 0.717) is 10.7 Å². The van der Waals surface area contributed by atoms with Gasteiger partial charge in [0.2, 0.25) is 5.91 Å². The molecule has 3 N–H and O–H groups in total. The van der Waals surface area contributed by atoms with Gasteiger partial charge in [0.1, 0.15) is 0 Å². The van der Waals surface area contributed by atoms with Crippen LogP contribution >= 0.6 is 46.4 Å². The number of amides is 2. The number of rotatable bonds is 4. The van der Waals surface area contributed by atoms with Crippen molar-refractivity contribution in [1.82, 2.24) is 10.0 Å². The monoisotopic (exact) mass is 537 g/mol. The Morgan fingerprint density at radius 1 is 1.11 bits per heavy atom. The van der Waals surface area contributed by atoms with Gasteiger partial charge in [-0.25, -0.2) is 13.1 Å². The van der Waals surface area contributed by atoms with Gasteiger partial charge in [-0.1, -0.05) is 11.6 Å². The van der Waals surface area contributed by atoms with Gasteiger partial charge >= 0.3 is 0 Å². The average Bonchev–Trinajstić information content (AvgIpc) is 2.56. The van der Waals surface area contributed by atoms with E-state index in [1.54, 1.807) is 18.2 Å². The third-order valence-electron chi connectivity index (χ3n) is 3.10. The molecule has 0 aliphatic heterocycles. The molecule has 0 spiro atoms. The van der Waals surface area contributed by atoms with Crippen molar-refractivity contribution in [2.45, 2.75) is 11.8 Å². The van der Waals surface area contributed by atoms with Crippen LogP contribution in [0.5, 0.6) is 0 Å². The van der Waals surface area contributed by atoms with Crippen LogP contribution in [-0.2, 0) is 14.8 Å². The second-order valence-electron chi connectivity index (χ2n) is 5.22. The van der Waals surface area contributed by atoms with Crippen LogP contribution in [0, 0.1) is 3.57 Å². The molecule has 11 heteroatoms. The second kappa shape index (κ2) is 8.95. The molecule has 2 amide bonds. The Morgan fingerprint density at radius 3 is 2.33 bits per heavy atom. The first-order valence-corrected chi connectivity index (χ1v) is 10.6. The molecule has 2 aromatic carbocycles. The van der Waals surface area contributed by atoms with Crippen LogP contribution < -0.4 is 15.4 Å². The van der Waals surface area contributed by atoms with Crippen LogP contribution in [-0.4, -0.2) is 25.3 Å². The number of sulfonamides is 1. The third-order valence-corrected chi connectivity index (χ3v) is 5.75. The number of halogens is 2. The summed E-state index contributed by atoms with van der Waals surface area (Å²) in [5, 5.41) is 5.59. The highest BCUT2D eigenvalue weighted by molar-refractivity contribution is 14.1. The zero-order valence-corrected chi connectivity index (χ0v) is 18.3. The summed E-state index contributed by atoms with van der Waals surface area (Å²) in [6.45, 7) is 1.11. The third kappa shape index (κ3) is 6.13. The lowest BCUT2D eigenvalue weighted by atomic mass is 10.2. The predicted octanol–water partition coefficient (Wildman–Crippen LogP) is 2.90. The fourth-order valence-electron chi connectivity index (χ4n) is 1.97. The average molecular weight is 538 g/mol. The molecule has 0 unspecified atom stereocenters. The lowest BCUT2D eigenvalue weighted by Gasteiger charge is -2.11. The Labute approximate surface area is 180 Å². The molecule has 2 aromatic rings. The molecular weight excluding hydrogens is 525 g/mol. The van der Waals surface area contributed by atoms with Gasteiger partial charge < -0.3 is 5.32 Å². The van der Waals surface area contributed by atoms with Crippen molar-refractivity contribution in [2.75, 3.05) is 5.32 Å². The zero-order chi connectivity index (χ0) is 20.2. The molecule has 27 heavy (non-hydrogen) atoms. The van der Waals surface area contributed by atoms with E-state index in [9.17, 15) is 18.0 Å². The Hall–Kier alpha value is -1.76. The number of carbonyl (C=O) groups is 2. The van der Waals surface area contributed by atoms with Crippen molar-refractivity contribution in [1.29, 1.82) is 0 Å². The van der Waals surface area contributed by atoms with E-state index in [1.165, 1.54) is 24.3 Å². The van der Waals surface area contributed by atoms with E-state index >= 15 is 0 Å². The molecule has 7 nitrogen and oxygen atoms in total. The second-order valence-corrected chi connectivity index (χ2v) is 8.96. The first-order chi connectivity index (χ1) is 12.6. The maximum Gasteiger partial charge on any atom is 0.264 e. The van der Waals surface area contributed by atoms with E-state index in [4.69, 9.17) is 23.8 Å². The Kier molecular flexibility index (Phi) is 7.14. The standard InChI is InChI=1S/C16H13ClIN3O4S2/c1-9(22)21-27(24,25)12-5-3-11(4-6-12)19-16(26)20-15(23)13-8-10(18)2-7-14(13)17/h2-8H,1H3,(H,21,22)(H2,19,20,23,26). The van der Waals surface area contributed by atoms with Crippen molar-refractivity contribution in [3.63, 3.8) is 0 Å². The molecule has 2 rings (SSSR count). The van der Waals surface area contributed by atoms with Gasteiger partial charge in [-0.15, -0.1) is 0 Å². The minimum atomic E-state index is -3.91. The maximum atomic E-state index is 12.3. The Morgan fingerprint density at radius 2 is 1.74 bits per heavy atom. The van der Waals surface area contributed by atoms with Crippen molar-refractivity contribution in [2.24, 2.45) is 0 Å². The minimum Gasteiger partial charge on any atom is -0.332 e. The molecule has 0 saturated heterocycles. The summed E-state index contributed by atoms with van der Waals surface area (Å²) < 4.78 is 26.5. The van der Waals surface area contributed by atoms with E-state index in [1.807, 2.05) is 4.72 Å². The fraction of sp³-hybridized carbons (Fsp3) is 0.0625. The maximum absolute atomic E-state index is 12.3. The van der Waals surface area contributed by atoms with Crippen LogP contribution in [0.4, 0.5) is 5.69 Å². The van der Waals surface area contributed by atoms with E-state index in [2.05, 4.69) is 33.2 Å². The Balaban J connectivity index is 2.05. The zero-order valence-electron chi connectivity index (χ0n) is 13.7. The number of benzene rings is 2. The number of thiocarbonyl (C=S) groups is 1. The fourth-order valence-corrected chi connectivity index (χ4v) is 3.87. The van der Waals surface area contributed by atoms with Crippen LogP contribution in [0.1, 0.15) is 17.3 Å². The van der Waals surface area contributed by atoms with Crippen molar-refractivity contribution >= 4 is 79.0 Å². The van der Waals surface area contributed by atoms with Gasteiger partial charge in [0.15, 0.2) is 5.11 Å². The number of hydrogen-bond donors (Lipinski definition) is 3. The highest BCUT2D eigenvalue weighted by Gasteiger charge is 2.16. The summed E-state index contributed by atoms with van der Waals surface area (Å²) >= 11 is 13.2.